The van der Waals surface area contributed by atoms with Crippen molar-refractivity contribution in [3.05, 3.63) is 70.3 Å². The van der Waals surface area contributed by atoms with Crippen molar-refractivity contribution in [2.45, 2.75) is 39.2 Å². The Morgan fingerprint density at radius 1 is 1.14 bits per heavy atom. The fourth-order valence-corrected chi connectivity index (χ4v) is 3.58. The third-order valence-electron chi connectivity index (χ3n) is 5.06. The number of hydrogen-bond donors (Lipinski definition) is 0. The topological polar surface area (TPSA) is 38.1 Å². The van der Waals surface area contributed by atoms with E-state index in [1.165, 1.54) is 4.90 Å². The van der Waals surface area contributed by atoms with Crippen molar-refractivity contribution in [1.82, 2.24) is 9.55 Å². The quantitative estimate of drug-likeness (QED) is 0.597. The molecule has 4 nitrogen and oxygen atoms in total. The van der Waals surface area contributed by atoms with Crippen LogP contribution in [0.1, 0.15) is 30.8 Å². The van der Waals surface area contributed by atoms with Gasteiger partial charge in [-0.2, -0.15) is 0 Å². The average Bonchev–Trinajstić information content (AvgIpc) is 2.67. The number of aryl methyl sites for hydroxylation is 1. The summed E-state index contributed by atoms with van der Waals surface area (Å²) in [5.74, 6) is 0.661. The van der Waals surface area contributed by atoms with E-state index in [0.717, 1.165) is 18.4 Å². The average molecular weight is 385 g/mol. The van der Waals surface area contributed by atoms with Crippen molar-refractivity contribution in [3.8, 4) is 0 Å². The molecule has 0 N–H and O–H groups in total. The van der Waals surface area contributed by atoms with E-state index in [2.05, 4.69) is 24.0 Å². The van der Waals surface area contributed by atoms with Gasteiger partial charge in [0.25, 0.3) is 12.0 Å². The van der Waals surface area contributed by atoms with Crippen LogP contribution in [-0.2, 0) is 6.42 Å². The zero-order chi connectivity index (χ0) is 20.3. The van der Waals surface area contributed by atoms with Gasteiger partial charge in [0.15, 0.2) is 0 Å². The molecule has 28 heavy (non-hydrogen) atoms. The Hall–Kier alpha value is -2.76. The Morgan fingerprint density at radius 2 is 1.86 bits per heavy atom. The van der Waals surface area contributed by atoms with E-state index in [1.54, 1.807) is 29.8 Å². The van der Waals surface area contributed by atoms with Gasteiger partial charge in [-0.15, -0.1) is 0 Å². The van der Waals surface area contributed by atoms with Gasteiger partial charge in [-0.05, 0) is 43.5 Å². The fourth-order valence-electron chi connectivity index (χ4n) is 3.58. The SMILES string of the molecule is CC[C@H](Cc1ccccc1)n1c(C)nc2ccc(N(C)CC(F)F)cc2c1=O. The van der Waals surface area contributed by atoms with Gasteiger partial charge in [0.1, 0.15) is 5.82 Å². The third kappa shape index (κ3) is 4.21. The number of fused-ring (bicyclic) bond motifs is 1. The van der Waals surface area contributed by atoms with E-state index in [0.29, 0.717) is 22.4 Å². The molecule has 0 aliphatic heterocycles. The number of rotatable bonds is 7. The molecule has 0 fully saturated rings. The maximum atomic E-state index is 13.3. The van der Waals surface area contributed by atoms with E-state index in [4.69, 9.17) is 0 Å². The van der Waals surface area contributed by atoms with E-state index in [9.17, 15) is 13.6 Å². The number of anilines is 1. The van der Waals surface area contributed by atoms with Crippen LogP contribution in [0.4, 0.5) is 14.5 Å². The fraction of sp³-hybridized carbons (Fsp3) is 0.364. The van der Waals surface area contributed by atoms with E-state index in [1.807, 2.05) is 25.1 Å². The predicted molar refractivity (Wildman–Crippen MR) is 109 cm³/mol. The standard InChI is InChI=1S/C22H25F2N3O/c1-4-17(12-16-8-6-5-7-9-16)27-15(2)25-20-11-10-18(13-19(20)22(27)28)26(3)14-21(23)24/h5-11,13,17,21H,4,12,14H2,1-3H3/t17-/m1/s1. The summed E-state index contributed by atoms with van der Waals surface area (Å²) in [5, 5.41) is 0.454. The number of halogens is 2. The maximum absolute atomic E-state index is 13.3. The molecule has 0 spiro atoms. The van der Waals surface area contributed by atoms with Crippen LogP contribution in [0.15, 0.2) is 53.3 Å². The molecule has 1 heterocycles. The second kappa shape index (κ2) is 8.50. The van der Waals surface area contributed by atoms with Crippen molar-refractivity contribution in [1.29, 1.82) is 0 Å². The van der Waals surface area contributed by atoms with Gasteiger partial charge in [0.05, 0.1) is 17.4 Å². The van der Waals surface area contributed by atoms with Crippen LogP contribution in [0.2, 0.25) is 0 Å². The molecule has 148 valence electrons. The van der Waals surface area contributed by atoms with Gasteiger partial charge in [-0.3, -0.25) is 9.36 Å². The molecule has 1 aromatic heterocycles. The van der Waals surface area contributed by atoms with Crippen molar-refractivity contribution >= 4 is 16.6 Å². The zero-order valence-corrected chi connectivity index (χ0v) is 16.4. The number of hydrogen-bond acceptors (Lipinski definition) is 3. The van der Waals surface area contributed by atoms with Crippen LogP contribution in [-0.4, -0.2) is 29.6 Å². The van der Waals surface area contributed by atoms with Crippen LogP contribution in [0.25, 0.3) is 10.9 Å². The second-order valence-corrected chi connectivity index (χ2v) is 7.06. The summed E-state index contributed by atoms with van der Waals surface area (Å²) < 4.78 is 27.2. The lowest BCUT2D eigenvalue weighted by atomic mass is 10.0. The van der Waals surface area contributed by atoms with Gasteiger partial charge >= 0.3 is 0 Å². The molecule has 3 rings (SSSR count). The van der Waals surface area contributed by atoms with Crippen LogP contribution in [0.3, 0.4) is 0 Å². The van der Waals surface area contributed by atoms with Crippen molar-refractivity contribution < 1.29 is 8.78 Å². The normalized spacial score (nSPS) is 12.5. The minimum absolute atomic E-state index is 0.0192. The number of alkyl halides is 2. The first kappa shape index (κ1) is 20.0. The van der Waals surface area contributed by atoms with Crippen LogP contribution < -0.4 is 10.5 Å². The Morgan fingerprint density at radius 3 is 2.50 bits per heavy atom. The van der Waals surface area contributed by atoms with Gasteiger partial charge in [-0.25, -0.2) is 13.8 Å². The van der Waals surface area contributed by atoms with Gasteiger partial charge in [0, 0.05) is 18.8 Å². The summed E-state index contributed by atoms with van der Waals surface area (Å²) in [6.07, 6.45) is -0.923. The van der Waals surface area contributed by atoms with Crippen LogP contribution >= 0.6 is 0 Å². The Labute approximate surface area is 163 Å². The highest BCUT2D eigenvalue weighted by Gasteiger charge is 2.18. The first-order valence-electron chi connectivity index (χ1n) is 9.46. The number of benzene rings is 2. The van der Waals surface area contributed by atoms with E-state index >= 15 is 0 Å². The molecule has 0 aliphatic rings. The predicted octanol–water partition coefficient (Wildman–Crippen LogP) is 4.60. The minimum atomic E-state index is -2.44. The first-order valence-corrected chi connectivity index (χ1v) is 9.46. The van der Waals surface area contributed by atoms with Gasteiger partial charge < -0.3 is 4.90 Å². The van der Waals surface area contributed by atoms with Crippen LogP contribution in [0.5, 0.6) is 0 Å². The second-order valence-electron chi connectivity index (χ2n) is 7.06. The third-order valence-corrected chi connectivity index (χ3v) is 5.06. The molecule has 0 bridgehead atoms. The Kier molecular flexibility index (Phi) is 6.07. The summed E-state index contributed by atoms with van der Waals surface area (Å²) in [4.78, 5) is 19.4. The molecular weight excluding hydrogens is 360 g/mol. The summed E-state index contributed by atoms with van der Waals surface area (Å²) in [6.45, 7) is 3.51. The molecule has 2 aromatic carbocycles. The molecule has 6 heteroatoms. The molecule has 0 amide bonds. The molecule has 0 aliphatic carbocycles. The highest BCUT2D eigenvalue weighted by molar-refractivity contribution is 5.81. The molecule has 0 saturated carbocycles. The summed E-state index contributed by atoms with van der Waals surface area (Å²) in [7, 11) is 1.59. The molecule has 3 aromatic rings. The molecule has 1 atom stereocenters. The first-order chi connectivity index (χ1) is 13.4. The van der Waals surface area contributed by atoms with Crippen molar-refractivity contribution in [2.75, 3.05) is 18.5 Å². The summed E-state index contributed by atoms with van der Waals surface area (Å²) in [6, 6.07) is 15.1. The largest absolute Gasteiger partial charge is 0.369 e. The number of aromatic nitrogens is 2. The molecule has 0 radical (unpaired) electrons. The van der Waals surface area contributed by atoms with E-state index in [-0.39, 0.29) is 18.1 Å². The van der Waals surface area contributed by atoms with Crippen molar-refractivity contribution in [2.24, 2.45) is 0 Å². The van der Waals surface area contributed by atoms with Gasteiger partial charge in [-0.1, -0.05) is 37.3 Å². The Bertz CT molecular complexity index is 1000. The van der Waals surface area contributed by atoms with E-state index < -0.39 is 6.43 Å². The smallest absolute Gasteiger partial charge is 0.261 e. The highest BCUT2D eigenvalue weighted by Crippen LogP contribution is 2.22. The monoisotopic (exact) mass is 385 g/mol. The summed E-state index contributed by atoms with van der Waals surface area (Å²) >= 11 is 0. The minimum Gasteiger partial charge on any atom is -0.369 e. The molecule has 0 unspecified atom stereocenters. The molecular formula is C22H25F2N3O. The lowest BCUT2D eigenvalue weighted by Crippen LogP contribution is -2.29. The lowest BCUT2D eigenvalue weighted by Gasteiger charge is -2.22. The highest BCUT2D eigenvalue weighted by atomic mass is 19.3. The molecule has 0 saturated heterocycles. The maximum Gasteiger partial charge on any atom is 0.261 e. The van der Waals surface area contributed by atoms with Gasteiger partial charge in [0.2, 0.25) is 0 Å². The number of nitrogens with zero attached hydrogens (tertiary/aromatic N) is 3. The Balaban J connectivity index is 2.05. The van der Waals surface area contributed by atoms with Crippen LogP contribution in [0, 0.1) is 6.92 Å². The summed E-state index contributed by atoms with van der Waals surface area (Å²) in [5.41, 5.74) is 2.20. The lowest BCUT2D eigenvalue weighted by molar-refractivity contribution is 0.156. The van der Waals surface area contributed by atoms with Crippen molar-refractivity contribution in [3.63, 3.8) is 0 Å². The zero-order valence-electron chi connectivity index (χ0n) is 16.4.